The predicted octanol–water partition coefficient (Wildman–Crippen LogP) is 9.13. The molecule has 4 aromatic rings. The number of hydrogen-bond acceptors (Lipinski definition) is 5. The number of unbranched alkanes of at least 4 members (excludes halogenated alkanes) is 6. The fourth-order valence-electron chi connectivity index (χ4n) is 4.47. The minimum Gasteiger partial charge on any atom is -0.366 e. The minimum atomic E-state index is -0.260. The van der Waals surface area contributed by atoms with Crippen molar-refractivity contribution in [2.75, 3.05) is 13.1 Å². The van der Waals surface area contributed by atoms with Gasteiger partial charge in [0.05, 0.1) is 42.8 Å². The number of benzene rings is 1. The van der Waals surface area contributed by atoms with E-state index in [9.17, 15) is 9.59 Å². The van der Waals surface area contributed by atoms with Crippen molar-refractivity contribution in [2.24, 2.45) is 0 Å². The Hall–Kier alpha value is -4.27. The summed E-state index contributed by atoms with van der Waals surface area (Å²) in [5, 5.41) is 6.01. The zero-order valence-electron chi connectivity index (χ0n) is 29.7. The Labute approximate surface area is 309 Å². The zero-order chi connectivity index (χ0) is 34.1. The minimum absolute atomic E-state index is 0. The third kappa shape index (κ3) is 16.6. The van der Waals surface area contributed by atoms with Crippen molar-refractivity contribution in [1.82, 2.24) is 25.6 Å². The van der Waals surface area contributed by atoms with Crippen LogP contribution in [0.25, 0.3) is 22.8 Å². The molecule has 0 bridgehead atoms. The fourth-order valence-corrected chi connectivity index (χ4v) is 4.47. The molecule has 0 aliphatic rings. The van der Waals surface area contributed by atoms with Crippen LogP contribution >= 0.6 is 0 Å². The molecule has 0 spiro atoms. The molecule has 2 amide bonds. The molecule has 1 aromatic carbocycles. The van der Waals surface area contributed by atoms with Crippen LogP contribution in [0.5, 0.6) is 0 Å². The largest absolute Gasteiger partial charge is 0.366 e. The van der Waals surface area contributed by atoms with Crippen LogP contribution in [0.4, 0.5) is 0 Å². The SMILES string of the molecule is CCCCCCNC(=O)c1cc(C(=O)NCCCCCC)c(-c2ccccn2)nc1-c1ccccn1.C[CH+]C.[C-]#Cc1ccccc1.[CH3-].[Pt]. The van der Waals surface area contributed by atoms with Crippen LogP contribution in [-0.2, 0) is 21.1 Å². The van der Waals surface area contributed by atoms with E-state index in [0.717, 1.165) is 56.9 Å². The van der Waals surface area contributed by atoms with E-state index in [1.807, 2.05) is 87.0 Å². The van der Waals surface area contributed by atoms with E-state index in [-0.39, 0.29) is 40.3 Å². The predicted molar refractivity (Wildman–Crippen MR) is 198 cm³/mol. The van der Waals surface area contributed by atoms with Gasteiger partial charge >= 0.3 is 0 Å². The molecule has 264 valence electrons. The maximum Gasteiger partial charge on any atom is 0.253 e. The summed E-state index contributed by atoms with van der Waals surface area (Å²) in [5.41, 5.74) is 3.49. The van der Waals surface area contributed by atoms with Gasteiger partial charge in [-0.05, 0) is 43.2 Å². The van der Waals surface area contributed by atoms with Crippen LogP contribution in [-0.4, -0.2) is 39.9 Å². The topological polar surface area (TPSA) is 96.9 Å². The van der Waals surface area contributed by atoms with Crippen molar-refractivity contribution < 1.29 is 30.7 Å². The molecule has 0 fully saturated rings. The van der Waals surface area contributed by atoms with Crippen LogP contribution in [0.2, 0.25) is 0 Å². The second-order valence-corrected chi connectivity index (χ2v) is 10.9. The number of carbonyl (C=O) groups is 2. The molecule has 3 heterocycles. The molecule has 4 rings (SSSR count). The van der Waals surface area contributed by atoms with Crippen LogP contribution in [0, 0.1) is 26.2 Å². The summed E-state index contributed by atoms with van der Waals surface area (Å²) in [6.07, 6.45) is 20.5. The standard InChI is InChI=1S/C29H37N5O2.C8H5.C3H7.CH3.Pt/c1-3-5-7-11-19-32-28(35)22-21-23(29(36)33-20-12-8-6-4-2)27(25-16-10-14-18-31-25)34-26(22)24-15-9-13-17-30-24;1-2-8-6-4-3-5-7-8;1-3-2;;/h9-10,13-18,21H,3-8,11-12,19-20H2,1-2H3,(H,32,35)(H,33,36);3-7H;3H,1-2H3;1H3;/q;-1;+1;-1;. The van der Waals surface area contributed by atoms with Gasteiger partial charge in [-0.15, -0.1) is 17.7 Å². The van der Waals surface area contributed by atoms with Crippen molar-refractivity contribution in [2.45, 2.75) is 79.1 Å². The maximum absolute atomic E-state index is 13.3. The molecule has 0 saturated heterocycles. The number of hydrogen-bond donors (Lipinski definition) is 2. The molecule has 0 saturated carbocycles. The summed E-state index contributed by atoms with van der Waals surface area (Å²) < 4.78 is 0. The fraction of sp³-hybridized carbons (Fsp3) is 0.341. The van der Waals surface area contributed by atoms with E-state index in [2.05, 4.69) is 40.4 Å². The number of aromatic nitrogens is 3. The molecule has 0 radical (unpaired) electrons. The second-order valence-electron chi connectivity index (χ2n) is 10.9. The number of rotatable bonds is 14. The van der Waals surface area contributed by atoms with Gasteiger partial charge in [0.2, 0.25) is 0 Å². The van der Waals surface area contributed by atoms with Gasteiger partial charge in [0.25, 0.3) is 11.8 Å². The molecule has 0 aliphatic carbocycles. The van der Waals surface area contributed by atoms with Crippen LogP contribution in [0.3, 0.4) is 0 Å². The van der Waals surface area contributed by atoms with Gasteiger partial charge in [-0.25, -0.2) is 4.98 Å². The Morgan fingerprint density at radius 1 is 0.694 bits per heavy atom. The van der Waals surface area contributed by atoms with Gasteiger partial charge in [-0.1, -0.05) is 82.7 Å². The van der Waals surface area contributed by atoms with Crippen molar-refractivity contribution in [3.63, 3.8) is 0 Å². The van der Waals surface area contributed by atoms with E-state index in [0.29, 0.717) is 47.0 Å². The molecule has 8 heteroatoms. The third-order valence-corrected chi connectivity index (χ3v) is 6.88. The van der Waals surface area contributed by atoms with Crippen LogP contribution < -0.4 is 10.6 Å². The Bertz CT molecular complexity index is 1410. The summed E-state index contributed by atoms with van der Waals surface area (Å²) in [7, 11) is 0. The molecule has 2 N–H and O–H groups in total. The van der Waals surface area contributed by atoms with Crippen molar-refractivity contribution >= 4 is 11.8 Å². The first-order chi connectivity index (χ1) is 23.0. The Morgan fingerprint density at radius 2 is 1.12 bits per heavy atom. The van der Waals surface area contributed by atoms with Crippen LogP contribution in [0.15, 0.2) is 85.2 Å². The first kappa shape index (κ1) is 44.7. The summed E-state index contributed by atoms with van der Waals surface area (Å²) >= 11 is 0. The summed E-state index contributed by atoms with van der Waals surface area (Å²) in [6.45, 7) is 9.45. The molecule has 3 aromatic heterocycles. The Morgan fingerprint density at radius 3 is 1.47 bits per heavy atom. The molecular formula is C41H52N5O2Pt-. The first-order valence-corrected chi connectivity index (χ1v) is 16.7. The van der Waals surface area contributed by atoms with Crippen molar-refractivity contribution in [1.29, 1.82) is 0 Å². The molecule has 49 heavy (non-hydrogen) atoms. The zero-order valence-corrected chi connectivity index (χ0v) is 32.0. The van der Waals surface area contributed by atoms with Crippen molar-refractivity contribution in [3.05, 3.63) is 122 Å². The van der Waals surface area contributed by atoms with Gasteiger partial charge < -0.3 is 24.5 Å². The number of pyridine rings is 3. The summed E-state index contributed by atoms with van der Waals surface area (Å²) in [4.78, 5) is 40.3. The Balaban J connectivity index is 0.00000152. The van der Waals surface area contributed by atoms with Crippen LogP contribution in [0.1, 0.15) is 105 Å². The van der Waals surface area contributed by atoms with E-state index < -0.39 is 0 Å². The average Bonchev–Trinajstić information content (AvgIpc) is 3.12. The Kier molecular flexibility index (Phi) is 25.2. The molecule has 0 unspecified atom stereocenters. The third-order valence-electron chi connectivity index (χ3n) is 6.88. The summed E-state index contributed by atoms with van der Waals surface area (Å²) in [5.74, 6) is 1.76. The quantitative estimate of drug-likeness (QED) is 0.0751. The van der Waals surface area contributed by atoms with Crippen molar-refractivity contribution in [3.8, 4) is 28.7 Å². The number of nitrogens with zero attached hydrogens (tertiary/aromatic N) is 3. The van der Waals surface area contributed by atoms with E-state index in [1.54, 1.807) is 18.5 Å². The van der Waals surface area contributed by atoms with E-state index in [4.69, 9.17) is 11.4 Å². The van der Waals surface area contributed by atoms with Gasteiger partial charge in [0.15, 0.2) is 0 Å². The number of carbonyl (C=O) groups excluding carboxylic acids is 2. The average molecular weight is 842 g/mol. The molecule has 0 aliphatic heterocycles. The van der Waals surface area contributed by atoms with Gasteiger partial charge in [0.1, 0.15) is 11.4 Å². The second kappa shape index (κ2) is 27.7. The van der Waals surface area contributed by atoms with E-state index >= 15 is 0 Å². The number of amides is 2. The van der Waals surface area contributed by atoms with Gasteiger partial charge in [-0.2, -0.15) is 0 Å². The van der Waals surface area contributed by atoms with Gasteiger partial charge in [0, 0.05) is 46.5 Å². The molecule has 7 nitrogen and oxygen atoms in total. The summed E-state index contributed by atoms with van der Waals surface area (Å²) in [6, 6.07) is 22.0. The maximum atomic E-state index is 13.3. The molecule has 0 atom stereocenters. The molecular weight excluding hydrogens is 790 g/mol. The smallest absolute Gasteiger partial charge is 0.253 e. The monoisotopic (exact) mass is 841 g/mol. The first-order valence-electron chi connectivity index (χ1n) is 16.7. The number of nitrogens with one attached hydrogen (secondary N) is 2. The normalized spacial score (nSPS) is 9.45. The van der Waals surface area contributed by atoms with Gasteiger partial charge in [-0.3, -0.25) is 25.5 Å². The van der Waals surface area contributed by atoms with E-state index in [1.165, 1.54) is 0 Å².